The van der Waals surface area contributed by atoms with Crippen molar-refractivity contribution in [1.82, 2.24) is 4.72 Å². The Morgan fingerprint density at radius 1 is 0.933 bits per heavy atom. The lowest BCUT2D eigenvalue weighted by molar-refractivity contribution is -0.118. The molecule has 1 amide bonds. The summed E-state index contributed by atoms with van der Waals surface area (Å²) in [4.78, 5) is 12.1. The molecule has 0 bridgehead atoms. The fourth-order valence-corrected chi connectivity index (χ4v) is 3.97. The normalized spacial score (nSPS) is 11.1. The first kappa shape index (κ1) is 22.1. The van der Waals surface area contributed by atoms with Gasteiger partial charge in [0.25, 0.3) is 5.91 Å². The van der Waals surface area contributed by atoms with Crippen molar-refractivity contribution in [2.75, 3.05) is 11.9 Å². The topological polar surface area (TPSA) is 84.5 Å². The van der Waals surface area contributed by atoms with E-state index < -0.39 is 15.9 Å². The third kappa shape index (κ3) is 6.21. The molecule has 0 fully saturated rings. The molecule has 0 aliphatic heterocycles. The summed E-state index contributed by atoms with van der Waals surface area (Å²) in [5, 5.41) is 3.39. The maximum absolute atomic E-state index is 12.4. The zero-order valence-electron chi connectivity index (χ0n) is 15.6. The minimum absolute atomic E-state index is 0.100. The molecule has 6 nitrogen and oxygen atoms in total. The first-order chi connectivity index (χ1) is 14.3. The summed E-state index contributed by atoms with van der Waals surface area (Å²) in [5.74, 6) is -0.0604. The molecule has 156 valence electrons. The molecule has 2 N–H and O–H groups in total. The zero-order valence-corrected chi connectivity index (χ0v) is 18.0. The first-order valence-corrected chi connectivity index (χ1v) is 11.1. The molecule has 0 aliphatic rings. The highest BCUT2D eigenvalue weighted by atomic mass is 35.5. The molecule has 30 heavy (non-hydrogen) atoms. The number of anilines is 1. The summed E-state index contributed by atoms with van der Waals surface area (Å²) in [6, 6.07) is 19.7. The lowest BCUT2D eigenvalue weighted by atomic mass is 10.2. The molecule has 9 heteroatoms. The minimum Gasteiger partial charge on any atom is -0.484 e. The Morgan fingerprint density at radius 2 is 1.63 bits per heavy atom. The van der Waals surface area contributed by atoms with Gasteiger partial charge in [-0.3, -0.25) is 4.79 Å². The van der Waals surface area contributed by atoms with E-state index in [1.165, 1.54) is 30.3 Å². The molecule has 0 aromatic heterocycles. The Labute approximate surface area is 184 Å². The molecule has 0 saturated heterocycles. The molecule has 0 aliphatic carbocycles. The maximum atomic E-state index is 12.4. The Balaban J connectivity index is 1.54. The second kappa shape index (κ2) is 9.95. The molecule has 3 rings (SSSR count). The number of carbonyl (C=O) groups is 1. The Morgan fingerprint density at radius 3 is 2.30 bits per heavy atom. The molecule has 3 aromatic rings. The zero-order chi connectivity index (χ0) is 21.6. The highest BCUT2D eigenvalue weighted by molar-refractivity contribution is 7.89. The van der Waals surface area contributed by atoms with Crippen LogP contribution in [0.5, 0.6) is 5.75 Å². The third-order valence-electron chi connectivity index (χ3n) is 4.02. The molecule has 0 spiro atoms. The summed E-state index contributed by atoms with van der Waals surface area (Å²) in [7, 11) is -3.67. The molecular formula is C21H18Cl2N2O4S. The van der Waals surface area contributed by atoms with Crippen LogP contribution in [-0.4, -0.2) is 20.9 Å². The number of benzene rings is 3. The van der Waals surface area contributed by atoms with E-state index >= 15 is 0 Å². The second-order valence-corrected chi connectivity index (χ2v) is 8.85. The van der Waals surface area contributed by atoms with Crippen molar-refractivity contribution >= 4 is 44.8 Å². The number of hydrogen-bond donors (Lipinski definition) is 2. The van der Waals surface area contributed by atoms with Crippen molar-refractivity contribution in [1.29, 1.82) is 0 Å². The van der Waals surface area contributed by atoms with Crippen LogP contribution in [0.2, 0.25) is 10.0 Å². The van der Waals surface area contributed by atoms with Crippen LogP contribution in [0.1, 0.15) is 5.56 Å². The van der Waals surface area contributed by atoms with E-state index in [4.69, 9.17) is 27.9 Å². The second-order valence-electron chi connectivity index (χ2n) is 6.24. The van der Waals surface area contributed by atoms with Gasteiger partial charge in [0.05, 0.1) is 15.6 Å². The van der Waals surface area contributed by atoms with Crippen LogP contribution in [0.15, 0.2) is 77.7 Å². The average Bonchev–Trinajstić information content (AvgIpc) is 2.74. The van der Waals surface area contributed by atoms with Crippen molar-refractivity contribution in [3.63, 3.8) is 0 Å². The number of carbonyl (C=O) groups excluding carboxylic acids is 1. The molecular weight excluding hydrogens is 447 g/mol. The lowest BCUT2D eigenvalue weighted by Crippen LogP contribution is -2.23. The summed E-state index contributed by atoms with van der Waals surface area (Å²) in [6.07, 6.45) is 0. The van der Waals surface area contributed by atoms with Gasteiger partial charge >= 0.3 is 0 Å². The number of sulfonamides is 1. The molecule has 0 saturated carbocycles. The highest BCUT2D eigenvalue weighted by Crippen LogP contribution is 2.25. The van der Waals surface area contributed by atoms with Crippen LogP contribution in [-0.2, 0) is 21.4 Å². The molecule has 3 aromatic carbocycles. The summed E-state index contributed by atoms with van der Waals surface area (Å²) >= 11 is 11.8. The number of nitrogens with one attached hydrogen (secondary N) is 2. The van der Waals surface area contributed by atoms with E-state index in [2.05, 4.69) is 10.0 Å². The fourth-order valence-electron chi connectivity index (χ4n) is 2.50. The first-order valence-electron chi connectivity index (χ1n) is 8.85. The van der Waals surface area contributed by atoms with Gasteiger partial charge in [-0.15, -0.1) is 0 Å². The van der Waals surface area contributed by atoms with Gasteiger partial charge in [-0.05, 0) is 48.0 Å². The van der Waals surface area contributed by atoms with Crippen LogP contribution >= 0.6 is 23.2 Å². The number of rotatable bonds is 8. The van der Waals surface area contributed by atoms with Gasteiger partial charge in [0.15, 0.2) is 6.61 Å². The predicted molar refractivity (Wildman–Crippen MR) is 117 cm³/mol. The van der Waals surface area contributed by atoms with Gasteiger partial charge in [0, 0.05) is 11.6 Å². The Hall–Kier alpha value is -2.58. The van der Waals surface area contributed by atoms with E-state index in [1.807, 2.05) is 30.3 Å². The summed E-state index contributed by atoms with van der Waals surface area (Å²) in [6.45, 7) is -0.0772. The van der Waals surface area contributed by atoms with Crippen LogP contribution < -0.4 is 14.8 Å². The van der Waals surface area contributed by atoms with Gasteiger partial charge in [-0.25, -0.2) is 13.1 Å². The number of hydrogen-bond acceptors (Lipinski definition) is 4. The van der Waals surface area contributed by atoms with E-state index in [1.54, 1.807) is 12.1 Å². The van der Waals surface area contributed by atoms with Gasteiger partial charge in [-0.2, -0.15) is 0 Å². The molecule has 0 unspecified atom stereocenters. The maximum Gasteiger partial charge on any atom is 0.262 e. The van der Waals surface area contributed by atoms with Crippen molar-refractivity contribution in [3.8, 4) is 5.75 Å². The van der Waals surface area contributed by atoms with Gasteiger partial charge in [0.2, 0.25) is 10.0 Å². The van der Waals surface area contributed by atoms with E-state index in [0.29, 0.717) is 21.5 Å². The molecule has 0 atom stereocenters. The Bertz CT molecular complexity index is 1120. The van der Waals surface area contributed by atoms with Crippen molar-refractivity contribution < 1.29 is 17.9 Å². The van der Waals surface area contributed by atoms with E-state index in [0.717, 1.165) is 5.56 Å². The Kier molecular flexibility index (Phi) is 7.33. The third-order valence-corrected chi connectivity index (χ3v) is 5.98. The van der Waals surface area contributed by atoms with Crippen LogP contribution in [0.4, 0.5) is 5.69 Å². The van der Waals surface area contributed by atoms with Gasteiger partial charge < -0.3 is 10.1 Å². The van der Waals surface area contributed by atoms with Crippen molar-refractivity contribution in [2.45, 2.75) is 11.4 Å². The predicted octanol–water partition coefficient (Wildman–Crippen LogP) is 4.49. The van der Waals surface area contributed by atoms with Crippen molar-refractivity contribution in [3.05, 3.63) is 88.4 Å². The minimum atomic E-state index is -3.67. The lowest BCUT2D eigenvalue weighted by Gasteiger charge is -2.10. The van der Waals surface area contributed by atoms with Crippen LogP contribution in [0, 0.1) is 0 Å². The average molecular weight is 465 g/mol. The quantitative estimate of drug-likeness (QED) is 0.514. The SMILES string of the molecule is O=C(COc1ccc(S(=O)(=O)NCc2ccccc2)cc1)Nc1ccc(Cl)cc1Cl. The monoisotopic (exact) mass is 464 g/mol. The van der Waals surface area contributed by atoms with Gasteiger partial charge in [-0.1, -0.05) is 53.5 Å². The van der Waals surface area contributed by atoms with E-state index in [-0.39, 0.29) is 18.0 Å². The molecule has 0 heterocycles. The van der Waals surface area contributed by atoms with Gasteiger partial charge in [0.1, 0.15) is 5.75 Å². The van der Waals surface area contributed by atoms with Crippen LogP contribution in [0.3, 0.4) is 0 Å². The van der Waals surface area contributed by atoms with E-state index in [9.17, 15) is 13.2 Å². The number of ether oxygens (including phenoxy) is 1. The summed E-state index contributed by atoms with van der Waals surface area (Å²) < 4.78 is 32.8. The van der Waals surface area contributed by atoms with Crippen LogP contribution in [0.25, 0.3) is 0 Å². The van der Waals surface area contributed by atoms with Crippen molar-refractivity contribution in [2.24, 2.45) is 0 Å². The number of amides is 1. The highest BCUT2D eigenvalue weighted by Gasteiger charge is 2.14. The number of halogens is 2. The summed E-state index contributed by atoms with van der Waals surface area (Å²) in [5.41, 5.74) is 1.27. The largest absolute Gasteiger partial charge is 0.484 e. The fraction of sp³-hybridized carbons (Fsp3) is 0.0952. The standard InChI is InChI=1S/C21H18Cl2N2O4S/c22-16-6-11-20(19(23)12-16)25-21(26)14-29-17-7-9-18(10-8-17)30(27,28)24-13-15-4-2-1-3-5-15/h1-12,24H,13-14H2,(H,25,26). The molecule has 0 radical (unpaired) electrons. The smallest absolute Gasteiger partial charge is 0.262 e.